The van der Waals surface area contributed by atoms with Crippen LogP contribution in [0.5, 0.6) is 0 Å². The van der Waals surface area contributed by atoms with Crippen molar-refractivity contribution >= 4 is 11.7 Å². The Hall–Kier alpha value is -2.31. The van der Waals surface area contributed by atoms with Crippen molar-refractivity contribution in [3.8, 4) is 0 Å². The van der Waals surface area contributed by atoms with Crippen molar-refractivity contribution < 1.29 is 4.79 Å². The monoisotopic (exact) mass is 379 g/mol. The molecule has 0 spiro atoms. The van der Waals surface area contributed by atoms with Gasteiger partial charge in [0, 0.05) is 24.7 Å². The first kappa shape index (κ1) is 19.0. The zero-order valence-electron chi connectivity index (χ0n) is 16.6. The fourth-order valence-electron chi connectivity index (χ4n) is 4.22. The molecular formula is C22H29N5O. The molecule has 1 amide bonds. The molecule has 6 heteroatoms. The van der Waals surface area contributed by atoms with Gasteiger partial charge in [0.1, 0.15) is 0 Å². The van der Waals surface area contributed by atoms with Gasteiger partial charge >= 0.3 is 0 Å². The zero-order chi connectivity index (χ0) is 19.3. The van der Waals surface area contributed by atoms with Crippen molar-refractivity contribution in [2.75, 3.05) is 31.5 Å². The van der Waals surface area contributed by atoms with E-state index in [0.717, 1.165) is 12.2 Å². The average molecular weight is 380 g/mol. The molecule has 2 aromatic rings. The highest BCUT2D eigenvalue weighted by Crippen LogP contribution is 2.22. The summed E-state index contributed by atoms with van der Waals surface area (Å²) in [5.41, 5.74) is 2.73. The number of anilines is 1. The molecule has 2 aliphatic heterocycles. The van der Waals surface area contributed by atoms with E-state index in [1.807, 2.05) is 25.1 Å². The highest BCUT2D eigenvalue weighted by Gasteiger charge is 2.27. The number of hydrogen-bond acceptors (Lipinski definition) is 5. The van der Waals surface area contributed by atoms with Gasteiger partial charge in [0.15, 0.2) is 5.82 Å². The van der Waals surface area contributed by atoms with E-state index >= 15 is 0 Å². The largest absolute Gasteiger partial charge is 0.305 e. The van der Waals surface area contributed by atoms with E-state index in [9.17, 15) is 4.79 Å². The van der Waals surface area contributed by atoms with Gasteiger partial charge in [-0.25, -0.2) is 0 Å². The second kappa shape index (κ2) is 8.80. The van der Waals surface area contributed by atoms with Gasteiger partial charge in [-0.1, -0.05) is 12.1 Å². The quantitative estimate of drug-likeness (QED) is 0.836. The summed E-state index contributed by atoms with van der Waals surface area (Å²) in [7, 11) is 0. The maximum Gasteiger partial charge on any atom is 0.256 e. The number of amides is 1. The minimum absolute atomic E-state index is 0.155. The van der Waals surface area contributed by atoms with E-state index in [2.05, 4.69) is 37.4 Å². The van der Waals surface area contributed by atoms with Crippen molar-refractivity contribution in [3.63, 3.8) is 0 Å². The van der Waals surface area contributed by atoms with Gasteiger partial charge in [-0.15, -0.1) is 5.10 Å². The molecule has 0 aliphatic carbocycles. The normalized spacial score (nSPS) is 20.5. The summed E-state index contributed by atoms with van der Waals surface area (Å²) < 4.78 is 0. The Labute approximate surface area is 166 Å². The number of benzene rings is 1. The van der Waals surface area contributed by atoms with Crippen molar-refractivity contribution in [1.29, 1.82) is 0 Å². The number of carbonyl (C=O) groups excluding carboxylic acids is 1. The maximum absolute atomic E-state index is 12.4. The van der Waals surface area contributed by atoms with Crippen LogP contribution in [0.1, 0.15) is 47.3 Å². The molecular weight excluding hydrogens is 350 g/mol. The van der Waals surface area contributed by atoms with Crippen molar-refractivity contribution in [2.24, 2.45) is 0 Å². The standard InChI is InChI=1S/C22H29N5O/c1-17-6-11-21(25-24-17)23-22(28)19-9-7-18(8-10-19)15-27-14-4-5-20(27)16-26-12-2-3-13-26/h6-11,20H,2-5,12-16H2,1H3,(H,23,25,28)/t20-/m0/s1. The Morgan fingerprint density at radius 1 is 1.04 bits per heavy atom. The second-order valence-corrected chi connectivity index (χ2v) is 7.99. The molecule has 1 N–H and O–H groups in total. The van der Waals surface area contributed by atoms with Crippen LogP contribution in [0.3, 0.4) is 0 Å². The predicted molar refractivity (Wildman–Crippen MR) is 110 cm³/mol. The van der Waals surface area contributed by atoms with Gasteiger partial charge in [0.05, 0.1) is 5.69 Å². The van der Waals surface area contributed by atoms with Crippen LogP contribution in [0.25, 0.3) is 0 Å². The van der Waals surface area contributed by atoms with E-state index in [1.54, 1.807) is 6.07 Å². The first-order valence-corrected chi connectivity index (χ1v) is 10.3. The third-order valence-corrected chi connectivity index (χ3v) is 5.81. The van der Waals surface area contributed by atoms with Gasteiger partial charge in [0.25, 0.3) is 5.91 Å². The van der Waals surface area contributed by atoms with E-state index in [-0.39, 0.29) is 5.91 Å². The van der Waals surface area contributed by atoms with Crippen molar-refractivity contribution in [3.05, 3.63) is 53.2 Å². The molecule has 0 bridgehead atoms. The predicted octanol–water partition coefficient (Wildman–Crippen LogP) is 3.10. The molecule has 4 rings (SSSR count). The summed E-state index contributed by atoms with van der Waals surface area (Å²) >= 11 is 0. The lowest BCUT2D eigenvalue weighted by molar-refractivity contribution is 0.102. The lowest BCUT2D eigenvalue weighted by Gasteiger charge is -2.28. The molecule has 148 valence electrons. The topological polar surface area (TPSA) is 61.4 Å². The van der Waals surface area contributed by atoms with Crippen LogP contribution in [-0.4, -0.2) is 58.1 Å². The second-order valence-electron chi connectivity index (χ2n) is 7.99. The molecule has 1 aromatic heterocycles. The fourth-order valence-corrected chi connectivity index (χ4v) is 4.22. The van der Waals surface area contributed by atoms with Gasteiger partial charge in [0.2, 0.25) is 0 Å². The average Bonchev–Trinajstić information content (AvgIpc) is 3.37. The molecule has 2 aliphatic rings. The number of aromatic nitrogens is 2. The number of hydrogen-bond donors (Lipinski definition) is 1. The van der Waals surface area contributed by atoms with Gasteiger partial charge in [-0.05, 0) is 82.1 Å². The third-order valence-electron chi connectivity index (χ3n) is 5.81. The maximum atomic E-state index is 12.4. The van der Waals surface area contributed by atoms with Gasteiger partial charge in [-0.3, -0.25) is 9.69 Å². The molecule has 1 aromatic carbocycles. The Kier molecular flexibility index (Phi) is 5.98. The number of nitrogens with one attached hydrogen (secondary N) is 1. The third kappa shape index (κ3) is 4.75. The summed E-state index contributed by atoms with van der Waals surface area (Å²) in [6.07, 6.45) is 5.29. The summed E-state index contributed by atoms with van der Waals surface area (Å²) in [4.78, 5) is 17.6. The van der Waals surface area contributed by atoms with Crippen LogP contribution in [0.15, 0.2) is 36.4 Å². The van der Waals surface area contributed by atoms with E-state index in [1.165, 1.54) is 57.4 Å². The van der Waals surface area contributed by atoms with Gasteiger partial charge < -0.3 is 10.2 Å². The van der Waals surface area contributed by atoms with Gasteiger partial charge in [-0.2, -0.15) is 5.10 Å². The molecule has 28 heavy (non-hydrogen) atoms. The fraction of sp³-hybridized carbons (Fsp3) is 0.500. The molecule has 2 saturated heterocycles. The van der Waals surface area contributed by atoms with Crippen molar-refractivity contribution in [1.82, 2.24) is 20.0 Å². The Bertz CT molecular complexity index is 784. The summed E-state index contributed by atoms with van der Waals surface area (Å²) in [6, 6.07) is 12.2. The zero-order valence-corrected chi connectivity index (χ0v) is 16.6. The number of nitrogens with zero attached hydrogens (tertiary/aromatic N) is 4. The summed E-state index contributed by atoms with van der Waals surface area (Å²) in [5.74, 6) is 0.319. The summed E-state index contributed by atoms with van der Waals surface area (Å²) in [5, 5.41) is 10.8. The number of likely N-dealkylation sites (tertiary alicyclic amines) is 2. The van der Waals surface area contributed by atoms with E-state index < -0.39 is 0 Å². The first-order chi connectivity index (χ1) is 13.7. The molecule has 1 atom stereocenters. The summed E-state index contributed by atoms with van der Waals surface area (Å²) in [6.45, 7) is 7.74. The van der Waals surface area contributed by atoms with E-state index in [4.69, 9.17) is 0 Å². The van der Waals surface area contributed by atoms with Crippen LogP contribution in [0.4, 0.5) is 5.82 Å². The number of rotatable bonds is 6. The minimum atomic E-state index is -0.155. The van der Waals surface area contributed by atoms with Crippen LogP contribution >= 0.6 is 0 Å². The minimum Gasteiger partial charge on any atom is -0.305 e. The molecule has 0 saturated carbocycles. The number of carbonyl (C=O) groups is 1. The number of aryl methyl sites for hydroxylation is 1. The molecule has 0 radical (unpaired) electrons. The SMILES string of the molecule is Cc1ccc(NC(=O)c2ccc(CN3CCC[C@H]3CN3CCCC3)cc2)nn1. The Morgan fingerprint density at radius 3 is 2.54 bits per heavy atom. The van der Waals surface area contributed by atoms with Crippen LogP contribution < -0.4 is 5.32 Å². The smallest absolute Gasteiger partial charge is 0.256 e. The molecule has 3 heterocycles. The van der Waals surface area contributed by atoms with Crippen LogP contribution in [0, 0.1) is 6.92 Å². The molecule has 6 nitrogen and oxygen atoms in total. The first-order valence-electron chi connectivity index (χ1n) is 10.3. The van der Waals surface area contributed by atoms with E-state index in [0.29, 0.717) is 17.4 Å². The van der Waals surface area contributed by atoms with Crippen LogP contribution in [-0.2, 0) is 6.54 Å². The molecule has 0 unspecified atom stereocenters. The highest BCUT2D eigenvalue weighted by atomic mass is 16.1. The highest BCUT2D eigenvalue weighted by molar-refractivity contribution is 6.03. The van der Waals surface area contributed by atoms with Crippen molar-refractivity contribution in [2.45, 2.75) is 45.2 Å². The lowest BCUT2D eigenvalue weighted by Crippen LogP contribution is -2.38. The Morgan fingerprint density at radius 2 is 1.82 bits per heavy atom. The molecule has 2 fully saturated rings. The lowest BCUT2D eigenvalue weighted by atomic mass is 10.1. The van der Waals surface area contributed by atoms with Crippen LogP contribution in [0.2, 0.25) is 0 Å². The Balaban J connectivity index is 1.33.